The molecule has 1 aromatic rings. The van der Waals surface area contributed by atoms with Crippen LogP contribution in [0.2, 0.25) is 0 Å². The van der Waals surface area contributed by atoms with Gasteiger partial charge in [-0.1, -0.05) is 12.1 Å². The van der Waals surface area contributed by atoms with Gasteiger partial charge in [-0.05, 0) is 74.0 Å². The van der Waals surface area contributed by atoms with E-state index in [9.17, 15) is 4.79 Å². The van der Waals surface area contributed by atoms with E-state index < -0.39 is 0 Å². The van der Waals surface area contributed by atoms with Gasteiger partial charge in [0, 0.05) is 30.7 Å². The van der Waals surface area contributed by atoms with E-state index in [1.165, 1.54) is 30.5 Å². The molecule has 1 heterocycles. The highest BCUT2D eigenvalue weighted by Gasteiger charge is 2.54. The number of rotatable bonds is 4. The van der Waals surface area contributed by atoms with Crippen LogP contribution in [0.1, 0.15) is 44.1 Å². The number of carbonyl (C=O) groups is 1. The Balaban J connectivity index is 1.20. The van der Waals surface area contributed by atoms with Gasteiger partial charge in [-0.3, -0.25) is 4.79 Å². The molecular weight excluding hydrogens is 324 g/mol. The maximum atomic E-state index is 13.1. The molecule has 5 fully saturated rings. The summed E-state index contributed by atoms with van der Waals surface area (Å²) in [7, 11) is 0. The standard InChI is InChI=1S/C22H30N2O2/c25-21(22-12-17-9-18(13-22)11-19(10-17)14-22)23-15-16-1-3-20(4-2-16)24-5-7-26-8-6-24/h1-4,17-19H,5-15H2,(H,23,25). The summed E-state index contributed by atoms with van der Waals surface area (Å²) in [5.74, 6) is 2.79. The Morgan fingerprint density at radius 2 is 1.58 bits per heavy atom. The molecule has 0 aromatic heterocycles. The fraction of sp³-hybridized carbons (Fsp3) is 0.682. The van der Waals surface area contributed by atoms with Gasteiger partial charge in [0.15, 0.2) is 0 Å². The molecule has 1 saturated heterocycles. The molecule has 1 aromatic carbocycles. The molecule has 0 unspecified atom stereocenters. The van der Waals surface area contributed by atoms with Crippen molar-refractivity contribution in [2.24, 2.45) is 23.2 Å². The summed E-state index contributed by atoms with van der Waals surface area (Å²) in [4.78, 5) is 15.4. The van der Waals surface area contributed by atoms with Crippen LogP contribution in [0, 0.1) is 23.2 Å². The Hall–Kier alpha value is -1.55. The highest BCUT2D eigenvalue weighted by atomic mass is 16.5. The van der Waals surface area contributed by atoms with Crippen LogP contribution in [0.5, 0.6) is 0 Å². The third-order valence-corrected chi connectivity index (χ3v) is 7.29. The van der Waals surface area contributed by atoms with Gasteiger partial charge >= 0.3 is 0 Å². The van der Waals surface area contributed by atoms with Gasteiger partial charge in [-0.15, -0.1) is 0 Å². The van der Waals surface area contributed by atoms with E-state index in [0.717, 1.165) is 63.3 Å². The van der Waals surface area contributed by atoms with Crippen molar-refractivity contribution in [3.05, 3.63) is 29.8 Å². The van der Waals surface area contributed by atoms with Gasteiger partial charge in [0.1, 0.15) is 0 Å². The summed E-state index contributed by atoms with van der Waals surface area (Å²) in [6.45, 7) is 4.19. The molecule has 4 saturated carbocycles. The molecule has 4 nitrogen and oxygen atoms in total. The second-order valence-electron chi connectivity index (χ2n) is 9.15. The molecule has 26 heavy (non-hydrogen) atoms. The van der Waals surface area contributed by atoms with Gasteiger partial charge in [-0.25, -0.2) is 0 Å². The molecule has 140 valence electrons. The number of ether oxygens (including phenoxy) is 1. The van der Waals surface area contributed by atoms with Crippen LogP contribution < -0.4 is 10.2 Å². The van der Waals surface area contributed by atoms with E-state index >= 15 is 0 Å². The molecule has 0 atom stereocenters. The first kappa shape index (κ1) is 16.6. The van der Waals surface area contributed by atoms with Crippen LogP contribution in [-0.4, -0.2) is 32.2 Å². The molecule has 0 radical (unpaired) electrons. The van der Waals surface area contributed by atoms with E-state index in [1.807, 2.05) is 0 Å². The molecule has 4 bridgehead atoms. The first-order valence-electron chi connectivity index (χ1n) is 10.4. The highest BCUT2D eigenvalue weighted by molar-refractivity contribution is 5.83. The number of nitrogens with one attached hydrogen (secondary N) is 1. The Bertz CT molecular complexity index is 628. The Morgan fingerprint density at radius 1 is 1.00 bits per heavy atom. The smallest absolute Gasteiger partial charge is 0.226 e. The van der Waals surface area contributed by atoms with Crippen molar-refractivity contribution in [2.75, 3.05) is 31.2 Å². The zero-order valence-corrected chi connectivity index (χ0v) is 15.6. The van der Waals surface area contributed by atoms with Crippen LogP contribution in [-0.2, 0) is 16.1 Å². The van der Waals surface area contributed by atoms with E-state index in [4.69, 9.17) is 4.74 Å². The van der Waals surface area contributed by atoms with Crippen LogP contribution in [0.15, 0.2) is 24.3 Å². The quantitative estimate of drug-likeness (QED) is 0.901. The zero-order valence-electron chi connectivity index (χ0n) is 15.6. The second-order valence-corrected chi connectivity index (χ2v) is 9.15. The monoisotopic (exact) mass is 354 g/mol. The minimum atomic E-state index is -0.0392. The summed E-state index contributed by atoms with van der Waals surface area (Å²) >= 11 is 0. The summed E-state index contributed by atoms with van der Waals surface area (Å²) in [6, 6.07) is 8.67. The number of hydrogen-bond acceptors (Lipinski definition) is 3. The fourth-order valence-electron chi connectivity index (χ4n) is 6.40. The molecule has 6 rings (SSSR count). The number of benzene rings is 1. The van der Waals surface area contributed by atoms with Crippen LogP contribution in [0.4, 0.5) is 5.69 Å². The predicted octanol–water partition coefficient (Wildman–Crippen LogP) is 3.36. The number of anilines is 1. The highest BCUT2D eigenvalue weighted by Crippen LogP contribution is 2.60. The van der Waals surface area contributed by atoms with Crippen LogP contribution >= 0.6 is 0 Å². The van der Waals surface area contributed by atoms with Crippen molar-refractivity contribution >= 4 is 11.6 Å². The van der Waals surface area contributed by atoms with Gasteiger partial charge in [0.05, 0.1) is 13.2 Å². The zero-order chi connectivity index (χ0) is 17.6. The maximum absolute atomic E-state index is 13.1. The molecule has 1 N–H and O–H groups in total. The van der Waals surface area contributed by atoms with E-state index in [0.29, 0.717) is 12.5 Å². The minimum absolute atomic E-state index is 0.0392. The van der Waals surface area contributed by atoms with E-state index in [1.54, 1.807) is 0 Å². The van der Waals surface area contributed by atoms with Crippen molar-refractivity contribution in [1.29, 1.82) is 0 Å². The Labute approximate surface area is 156 Å². The molecule has 1 amide bonds. The average Bonchev–Trinajstić information content (AvgIpc) is 2.66. The molecule has 4 heteroatoms. The number of carbonyl (C=O) groups excluding carboxylic acids is 1. The number of hydrogen-bond donors (Lipinski definition) is 1. The third-order valence-electron chi connectivity index (χ3n) is 7.29. The van der Waals surface area contributed by atoms with Crippen molar-refractivity contribution < 1.29 is 9.53 Å². The van der Waals surface area contributed by atoms with E-state index in [-0.39, 0.29) is 5.41 Å². The van der Waals surface area contributed by atoms with Crippen LogP contribution in [0.3, 0.4) is 0 Å². The molecule has 5 aliphatic rings. The Kier molecular flexibility index (Phi) is 4.19. The predicted molar refractivity (Wildman–Crippen MR) is 102 cm³/mol. The van der Waals surface area contributed by atoms with Crippen molar-refractivity contribution in [1.82, 2.24) is 5.32 Å². The summed E-state index contributed by atoms with van der Waals surface area (Å²) in [5, 5.41) is 3.28. The third kappa shape index (κ3) is 3.02. The van der Waals surface area contributed by atoms with E-state index in [2.05, 4.69) is 34.5 Å². The lowest BCUT2D eigenvalue weighted by molar-refractivity contribution is -0.146. The molecule has 1 aliphatic heterocycles. The van der Waals surface area contributed by atoms with Crippen molar-refractivity contribution in [2.45, 2.75) is 45.1 Å². The lowest BCUT2D eigenvalue weighted by Crippen LogP contribution is -2.53. The molecule has 4 aliphatic carbocycles. The maximum Gasteiger partial charge on any atom is 0.226 e. The van der Waals surface area contributed by atoms with Gasteiger partial charge in [-0.2, -0.15) is 0 Å². The first-order valence-corrected chi connectivity index (χ1v) is 10.4. The van der Waals surface area contributed by atoms with Crippen LogP contribution in [0.25, 0.3) is 0 Å². The fourth-order valence-corrected chi connectivity index (χ4v) is 6.40. The van der Waals surface area contributed by atoms with Gasteiger partial charge < -0.3 is 15.0 Å². The summed E-state index contributed by atoms with van der Waals surface area (Å²) < 4.78 is 5.42. The van der Waals surface area contributed by atoms with Crippen molar-refractivity contribution in [3.8, 4) is 0 Å². The second kappa shape index (κ2) is 6.56. The number of nitrogens with zero attached hydrogens (tertiary/aromatic N) is 1. The summed E-state index contributed by atoms with van der Waals surface area (Å²) in [6.07, 6.45) is 7.57. The summed E-state index contributed by atoms with van der Waals surface area (Å²) in [5.41, 5.74) is 2.41. The number of morpholine rings is 1. The van der Waals surface area contributed by atoms with Gasteiger partial charge in [0.2, 0.25) is 5.91 Å². The Morgan fingerprint density at radius 3 is 2.15 bits per heavy atom. The normalized spacial score (nSPS) is 35.5. The molecule has 0 spiro atoms. The van der Waals surface area contributed by atoms with Crippen molar-refractivity contribution in [3.63, 3.8) is 0 Å². The lowest BCUT2D eigenvalue weighted by Gasteiger charge is -2.55. The lowest BCUT2D eigenvalue weighted by atomic mass is 9.49. The topological polar surface area (TPSA) is 41.6 Å². The SMILES string of the molecule is O=C(NCc1ccc(N2CCOCC2)cc1)C12CC3CC(CC(C3)C1)C2. The molecular formula is C22H30N2O2. The van der Waals surface area contributed by atoms with Gasteiger partial charge in [0.25, 0.3) is 0 Å². The average molecular weight is 354 g/mol. The largest absolute Gasteiger partial charge is 0.378 e. The minimum Gasteiger partial charge on any atom is -0.378 e. The number of amides is 1. The first-order chi connectivity index (χ1) is 12.7.